The summed E-state index contributed by atoms with van der Waals surface area (Å²) in [7, 11) is 0. The lowest BCUT2D eigenvalue weighted by Gasteiger charge is -2.35. The van der Waals surface area contributed by atoms with Crippen molar-refractivity contribution in [2.45, 2.75) is 6.04 Å². The number of ether oxygens (including phenoxy) is 1. The largest absolute Gasteiger partial charge is 0.490 e. The summed E-state index contributed by atoms with van der Waals surface area (Å²) in [5, 5.41) is 3.32. The highest BCUT2D eigenvalue weighted by Crippen LogP contribution is 2.23. The summed E-state index contributed by atoms with van der Waals surface area (Å²) in [6, 6.07) is 17.0. The zero-order valence-corrected chi connectivity index (χ0v) is 14.9. The van der Waals surface area contributed by atoms with Gasteiger partial charge in [-0.05, 0) is 24.3 Å². The third-order valence-electron chi connectivity index (χ3n) is 4.56. The normalized spacial score (nSPS) is 16.9. The van der Waals surface area contributed by atoms with Gasteiger partial charge in [-0.3, -0.25) is 9.78 Å². The summed E-state index contributed by atoms with van der Waals surface area (Å²) in [6.45, 7) is 2.44. The Labute approximate surface area is 157 Å². The first-order valence-electron chi connectivity index (χ1n) is 9.01. The van der Waals surface area contributed by atoms with Gasteiger partial charge in [0.25, 0.3) is 5.91 Å². The van der Waals surface area contributed by atoms with Crippen molar-refractivity contribution in [3.63, 3.8) is 0 Å². The quantitative estimate of drug-likeness (QED) is 0.755. The SMILES string of the molecule is O=C(c1ccc(-c2ccccc2)o1)N1CCNCC1COc1cccnc1. The molecule has 0 bridgehead atoms. The number of carbonyl (C=O) groups is 1. The van der Waals surface area contributed by atoms with Crippen LogP contribution in [0.1, 0.15) is 10.6 Å². The van der Waals surface area contributed by atoms with E-state index in [1.807, 2.05) is 53.4 Å². The fourth-order valence-electron chi connectivity index (χ4n) is 3.15. The first-order chi connectivity index (χ1) is 13.3. The first kappa shape index (κ1) is 17.3. The van der Waals surface area contributed by atoms with Gasteiger partial charge in [-0.15, -0.1) is 0 Å². The maximum Gasteiger partial charge on any atom is 0.290 e. The molecule has 1 unspecified atom stereocenters. The van der Waals surface area contributed by atoms with Crippen LogP contribution in [0.15, 0.2) is 71.4 Å². The average Bonchev–Trinajstić information content (AvgIpc) is 3.24. The predicted molar refractivity (Wildman–Crippen MR) is 102 cm³/mol. The molecular weight excluding hydrogens is 342 g/mol. The molecule has 1 N–H and O–H groups in total. The summed E-state index contributed by atoms with van der Waals surface area (Å²) in [6.07, 6.45) is 3.37. The highest BCUT2D eigenvalue weighted by molar-refractivity contribution is 5.92. The van der Waals surface area contributed by atoms with Crippen molar-refractivity contribution in [1.29, 1.82) is 0 Å². The van der Waals surface area contributed by atoms with E-state index in [1.54, 1.807) is 18.5 Å². The van der Waals surface area contributed by atoms with Crippen LogP contribution in [0.3, 0.4) is 0 Å². The number of pyridine rings is 1. The highest BCUT2D eigenvalue weighted by atomic mass is 16.5. The maximum absolute atomic E-state index is 13.0. The Morgan fingerprint density at radius 3 is 2.89 bits per heavy atom. The van der Waals surface area contributed by atoms with Gasteiger partial charge in [-0.2, -0.15) is 0 Å². The van der Waals surface area contributed by atoms with Crippen LogP contribution in [0.4, 0.5) is 0 Å². The summed E-state index contributed by atoms with van der Waals surface area (Å²) in [5.74, 6) is 1.62. The van der Waals surface area contributed by atoms with E-state index in [0.717, 1.165) is 12.1 Å². The molecule has 1 amide bonds. The lowest BCUT2D eigenvalue weighted by atomic mass is 10.2. The van der Waals surface area contributed by atoms with Crippen LogP contribution < -0.4 is 10.1 Å². The average molecular weight is 363 g/mol. The number of furan rings is 1. The topological polar surface area (TPSA) is 67.6 Å². The minimum Gasteiger partial charge on any atom is -0.490 e. The second kappa shape index (κ2) is 8.05. The van der Waals surface area contributed by atoms with Crippen LogP contribution in [-0.4, -0.2) is 48.1 Å². The van der Waals surface area contributed by atoms with E-state index in [1.165, 1.54) is 0 Å². The number of piperazine rings is 1. The molecule has 1 atom stereocenters. The molecule has 6 heteroatoms. The van der Waals surface area contributed by atoms with E-state index < -0.39 is 0 Å². The molecule has 0 radical (unpaired) electrons. The Bertz CT molecular complexity index is 880. The fourth-order valence-corrected chi connectivity index (χ4v) is 3.15. The third-order valence-corrected chi connectivity index (χ3v) is 4.56. The predicted octanol–water partition coefficient (Wildman–Crippen LogP) is 2.83. The molecule has 1 aliphatic heterocycles. The van der Waals surface area contributed by atoms with Crippen LogP contribution in [0.2, 0.25) is 0 Å². The minimum absolute atomic E-state index is 0.0725. The van der Waals surface area contributed by atoms with E-state index in [4.69, 9.17) is 9.15 Å². The monoisotopic (exact) mass is 363 g/mol. The van der Waals surface area contributed by atoms with Gasteiger partial charge in [-0.25, -0.2) is 0 Å². The Morgan fingerprint density at radius 1 is 1.19 bits per heavy atom. The van der Waals surface area contributed by atoms with Gasteiger partial charge in [0.2, 0.25) is 0 Å². The van der Waals surface area contributed by atoms with Crippen molar-refractivity contribution < 1.29 is 13.9 Å². The number of benzene rings is 1. The zero-order chi connectivity index (χ0) is 18.5. The van der Waals surface area contributed by atoms with Crippen LogP contribution in [0.25, 0.3) is 11.3 Å². The van der Waals surface area contributed by atoms with Crippen molar-refractivity contribution in [3.8, 4) is 17.1 Å². The molecule has 0 aliphatic carbocycles. The molecule has 1 fully saturated rings. The number of nitrogens with zero attached hydrogens (tertiary/aromatic N) is 2. The molecule has 0 spiro atoms. The van der Waals surface area contributed by atoms with Gasteiger partial charge >= 0.3 is 0 Å². The number of hydrogen-bond acceptors (Lipinski definition) is 5. The van der Waals surface area contributed by atoms with E-state index in [2.05, 4.69) is 10.3 Å². The Kier molecular flexibility index (Phi) is 5.16. The Balaban J connectivity index is 1.46. The van der Waals surface area contributed by atoms with E-state index in [-0.39, 0.29) is 11.9 Å². The van der Waals surface area contributed by atoms with Gasteiger partial charge in [0.1, 0.15) is 18.1 Å². The molecule has 138 valence electrons. The maximum atomic E-state index is 13.0. The van der Waals surface area contributed by atoms with Crippen molar-refractivity contribution >= 4 is 5.91 Å². The molecule has 27 heavy (non-hydrogen) atoms. The first-order valence-corrected chi connectivity index (χ1v) is 9.01. The highest BCUT2D eigenvalue weighted by Gasteiger charge is 2.29. The molecule has 3 heterocycles. The lowest BCUT2D eigenvalue weighted by Crippen LogP contribution is -2.55. The summed E-state index contributed by atoms with van der Waals surface area (Å²) in [4.78, 5) is 18.9. The van der Waals surface area contributed by atoms with Gasteiger partial charge in [0, 0.05) is 31.4 Å². The minimum atomic E-state index is -0.113. The van der Waals surface area contributed by atoms with Gasteiger partial charge in [0.05, 0.1) is 12.2 Å². The molecule has 1 aromatic carbocycles. The second-order valence-electron chi connectivity index (χ2n) is 6.39. The van der Waals surface area contributed by atoms with E-state index in [9.17, 15) is 4.79 Å². The molecule has 3 aromatic rings. The molecule has 1 saturated heterocycles. The molecular formula is C21H21N3O3. The lowest BCUT2D eigenvalue weighted by molar-refractivity contribution is 0.0529. The molecule has 0 saturated carbocycles. The Morgan fingerprint density at radius 2 is 2.07 bits per heavy atom. The van der Waals surface area contributed by atoms with E-state index in [0.29, 0.717) is 37.0 Å². The molecule has 2 aromatic heterocycles. The van der Waals surface area contributed by atoms with Crippen LogP contribution in [-0.2, 0) is 0 Å². The van der Waals surface area contributed by atoms with Crippen molar-refractivity contribution in [3.05, 3.63) is 72.8 Å². The standard InChI is InChI=1S/C21H21N3O3/c25-21(20-9-8-19(27-20)16-5-2-1-3-6-16)24-12-11-23-13-17(24)15-26-18-7-4-10-22-14-18/h1-10,14,17,23H,11-13,15H2. The summed E-state index contributed by atoms with van der Waals surface area (Å²) < 4.78 is 11.6. The number of carbonyl (C=O) groups excluding carboxylic acids is 1. The van der Waals surface area contributed by atoms with Crippen molar-refractivity contribution in [2.75, 3.05) is 26.2 Å². The Hall–Kier alpha value is -3.12. The second-order valence-corrected chi connectivity index (χ2v) is 6.39. The zero-order valence-electron chi connectivity index (χ0n) is 14.9. The number of nitrogens with one attached hydrogen (secondary N) is 1. The van der Waals surface area contributed by atoms with Gasteiger partial charge < -0.3 is 19.4 Å². The number of rotatable bonds is 5. The smallest absolute Gasteiger partial charge is 0.290 e. The molecule has 6 nitrogen and oxygen atoms in total. The molecule has 1 aliphatic rings. The van der Waals surface area contributed by atoms with Crippen LogP contribution in [0.5, 0.6) is 5.75 Å². The number of aromatic nitrogens is 1. The number of hydrogen-bond donors (Lipinski definition) is 1. The fraction of sp³-hybridized carbons (Fsp3) is 0.238. The summed E-state index contributed by atoms with van der Waals surface area (Å²) >= 11 is 0. The van der Waals surface area contributed by atoms with Crippen molar-refractivity contribution in [1.82, 2.24) is 15.2 Å². The third kappa shape index (κ3) is 4.01. The van der Waals surface area contributed by atoms with Gasteiger partial charge in [0.15, 0.2) is 5.76 Å². The molecule has 4 rings (SSSR count). The summed E-state index contributed by atoms with van der Waals surface area (Å²) in [5.41, 5.74) is 0.952. The number of amides is 1. The van der Waals surface area contributed by atoms with Gasteiger partial charge in [-0.1, -0.05) is 30.3 Å². The van der Waals surface area contributed by atoms with Crippen LogP contribution >= 0.6 is 0 Å². The van der Waals surface area contributed by atoms with E-state index >= 15 is 0 Å². The van der Waals surface area contributed by atoms with Crippen molar-refractivity contribution in [2.24, 2.45) is 0 Å². The van der Waals surface area contributed by atoms with Crippen LogP contribution in [0, 0.1) is 0 Å².